The van der Waals surface area contributed by atoms with Crippen molar-refractivity contribution in [3.8, 4) is 0 Å². The van der Waals surface area contributed by atoms with Gasteiger partial charge in [0.05, 0.1) is 0 Å². The molecule has 0 unspecified atom stereocenters. The monoisotopic (exact) mass is 380 g/mol. The van der Waals surface area contributed by atoms with E-state index in [1.54, 1.807) is 18.5 Å². The molecule has 0 aromatic carbocycles. The molecule has 1 aromatic heterocycles. The van der Waals surface area contributed by atoms with Crippen molar-refractivity contribution in [2.45, 2.75) is 75.6 Å². The fourth-order valence-corrected chi connectivity index (χ4v) is 3.66. The van der Waals surface area contributed by atoms with Gasteiger partial charge >= 0.3 is 6.09 Å². The molecule has 2 rings (SSSR count). The van der Waals surface area contributed by atoms with Gasteiger partial charge in [0.1, 0.15) is 11.6 Å². The first kappa shape index (κ1) is 20.5. The van der Waals surface area contributed by atoms with E-state index >= 15 is 0 Å². The Labute approximate surface area is 159 Å². The van der Waals surface area contributed by atoms with Crippen molar-refractivity contribution < 1.29 is 14.3 Å². The van der Waals surface area contributed by atoms with Crippen molar-refractivity contribution >= 4 is 23.8 Å². The fourth-order valence-electron chi connectivity index (χ4n) is 2.60. The van der Waals surface area contributed by atoms with E-state index in [4.69, 9.17) is 4.74 Å². The Hall–Kier alpha value is -1.83. The minimum absolute atomic E-state index is 0.0284. The van der Waals surface area contributed by atoms with E-state index < -0.39 is 17.7 Å². The minimum atomic E-state index is -0.615. The van der Waals surface area contributed by atoms with Crippen molar-refractivity contribution in [1.29, 1.82) is 0 Å². The molecule has 1 saturated heterocycles. The fraction of sp³-hybridized carbons (Fsp3) is 0.667. The third kappa shape index (κ3) is 6.16. The summed E-state index contributed by atoms with van der Waals surface area (Å²) in [5.74, 6) is -0.166. The average molecular weight is 381 g/mol. The van der Waals surface area contributed by atoms with E-state index in [9.17, 15) is 9.59 Å². The largest absolute Gasteiger partial charge is 0.444 e. The summed E-state index contributed by atoms with van der Waals surface area (Å²) in [5, 5.41) is 3.63. The van der Waals surface area contributed by atoms with Gasteiger partial charge in [0, 0.05) is 29.7 Å². The van der Waals surface area contributed by atoms with Gasteiger partial charge in [-0.1, -0.05) is 11.8 Å². The third-order valence-electron chi connectivity index (χ3n) is 3.51. The van der Waals surface area contributed by atoms with Crippen LogP contribution >= 0.6 is 11.8 Å². The van der Waals surface area contributed by atoms with Crippen LogP contribution in [-0.2, 0) is 9.53 Å². The van der Waals surface area contributed by atoms with Crippen LogP contribution < -0.4 is 5.32 Å². The molecule has 0 spiro atoms. The lowest BCUT2D eigenvalue weighted by atomic mass is 10.1. The normalized spacial score (nSPS) is 20.8. The Bertz CT molecular complexity index is 604. The highest BCUT2D eigenvalue weighted by atomic mass is 32.2. The highest BCUT2D eigenvalue weighted by Crippen LogP contribution is 2.32. The summed E-state index contributed by atoms with van der Waals surface area (Å²) in [6.07, 6.45) is 3.42. The van der Waals surface area contributed by atoms with Crippen LogP contribution in [0.1, 0.15) is 48.0 Å². The summed E-state index contributed by atoms with van der Waals surface area (Å²) in [4.78, 5) is 35.3. The Morgan fingerprint density at radius 2 is 1.81 bits per heavy atom. The molecule has 1 aromatic rings. The molecule has 1 fully saturated rings. The first-order valence-corrected chi connectivity index (χ1v) is 9.58. The number of ether oxygens (including phenoxy) is 1. The molecule has 0 bridgehead atoms. The summed E-state index contributed by atoms with van der Waals surface area (Å²) in [6.45, 7) is 11.6. The molecule has 1 aliphatic rings. The van der Waals surface area contributed by atoms with Gasteiger partial charge in [0.2, 0.25) is 5.91 Å². The van der Waals surface area contributed by atoms with Crippen molar-refractivity contribution in [2.24, 2.45) is 0 Å². The smallest absolute Gasteiger partial charge is 0.411 e. The third-order valence-corrected chi connectivity index (χ3v) is 4.60. The second-order valence-electron chi connectivity index (χ2n) is 8.39. The number of aromatic nitrogens is 2. The highest BCUT2D eigenvalue weighted by Gasteiger charge is 2.42. The summed E-state index contributed by atoms with van der Waals surface area (Å²) < 4.78 is 5.50. The number of hydrogen-bond donors (Lipinski definition) is 1. The van der Waals surface area contributed by atoms with Crippen LogP contribution in [-0.4, -0.2) is 55.8 Å². The highest BCUT2D eigenvalue weighted by molar-refractivity contribution is 7.99. The molecule has 1 N–H and O–H groups in total. The maximum atomic E-state index is 12.7. The molecule has 7 nitrogen and oxygen atoms in total. The second kappa shape index (κ2) is 7.82. The number of thioether (sulfide) groups is 1. The first-order chi connectivity index (χ1) is 11.9. The molecule has 144 valence electrons. The Balaban J connectivity index is 2.14. The van der Waals surface area contributed by atoms with Gasteiger partial charge in [-0.3, -0.25) is 9.69 Å². The molecule has 0 aliphatic carbocycles. The van der Waals surface area contributed by atoms with Gasteiger partial charge in [0.15, 0.2) is 5.16 Å². The standard InChI is InChI=1S/C18H28N4O3S/c1-17(2,3)21-14(23)13-10-12(26-15-19-8-7-9-20-15)11-22(13)16(24)25-18(4,5)6/h7-9,12-13H,10-11H2,1-6H3,(H,21,23)/t12-,13+/m1/s1. The van der Waals surface area contributed by atoms with Crippen molar-refractivity contribution in [3.63, 3.8) is 0 Å². The molecule has 0 saturated carbocycles. The number of amides is 2. The lowest BCUT2D eigenvalue weighted by Gasteiger charge is -2.30. The van der Waals surface area contributed by atoms with Crippen LogP contribution in [0.25, 0.3) is 0 Å². The maximum absolute atomic E-state index is 12.7. The molecule has 8 heteroatoms. The molecular formula is C18H28N4O3S. The first-order valence-electron chi connectivity index (χ1n) is 8.70. The summed E-state index contributed by atoms with van der Waals surface area (Å²) in [7, 11) is 0. The predicted molar refractivity (Wildman–Crippen MR) is 101 cm³/mol. The molecule has 26 heavy (non-hydrogen) atoms. The van der Waals surface area contributed by atoms with E-state index in [0.717, 1.165) is 0 Å². The van der Waals surface area contributed by atoms with Gasteiger partial charge in [0.25, 0.3) is 0 Å². The zero-order valence-corrected chi connectivity index (χ0v) is 17.1. The minimum Gasteiger partial charge on any atom is -0.444 e. The topological polar surface area (TPSA) is 84.4 Å². The van der Waals surface area contributed by atoms with Gasteiger partial charge in [-0.05, 0) is 54.0 Å². The van der Waals surface area contributed by atoms with Crippen molar-refractivity contribution in [2.75, 3.05) is 6.54 Å². The SMILES string of the molecule is CC(C)(C)NC(=O)[C@@H]1C[C@@H](Sc2ncccn2)CN1C(=O)OC(C)(C)C. The predicted octanol–water partition coefficient (Wildman–Crippen LogP) is 2.86. The average Bonchev–Trinajstić information content (AvgIpc) is 2.89. The molecule has 1 aliphatic heterocycles. The van der Waals surface area contributed by atoms with Gasteiger partial charge in [-0.25, -0.2) is 14.8 Å². The summed E-state index contributed by atoms with van der Waals surface area (Å²) in [5.41, 5.74) is -0.986. The number of carbonyl (C=O) groups excluding carboxylic acids is 2. The lowest BCUT2D eigenvalue weighted by molar-refractivity contribution is -0.126. The van der Waals surface area contributed by atoms with Crippen LogP contribution in [0.2, 0.25) is 0 Å². The lowest BCUT2D eigenvalue weighted by Crippen LogP contribution is -2.52. The number of nitrogens with zero attached hydrogens (tertiary/aromatic N) is 3. The van der Waals surface area contributed by atoms with E-state index in [1.165, 1.54) is 16.7 Å². The van der Waals surface area contributed by atoms with E-state index in [-0.39, 0.29) is 16.7 Å². The van der Waals surface area contributed by atoms with Gasteiger partial charge in [-0.2, -0.15) is 0 Å². The van der Waals surface area contributed by atoms with Crippen LogP contribution in [0.4, 0.5) is 4.79 Å². The van der Waals surface area contributed by atoms with Gasteiger partial charge < -0.3 is 10.1 Å². The van der Waals surface area contributed by atoms with E-state index in [0.29, 0.717) is 18.1 Å². The van der Waals surface area contributed by atoms with Crippen LogP contribution in [0.15, 0.2) is 23.6 Å². The van der Waals surface area contributed by atoms with Crippen LogP contribution in [0, 0.1) is 0 Å². The van der Waals surface area contributed by atoms with Crippen LogP contribution in [0.3, 0.4) is 0 Å². The maximum Gasteiger partial charge on any atom is 0.411 e. The zero-order valence-electron chi connectivity index (χ0n) is 16.3. The van der Waals surface area contributed by atoms with Crippen LogP contribution in [0.5, 0.6) is 0 Å². The number of hydrogen-bond acceptors (Lipinski definition) is 6. The number of nitrogens with one attached hydrogen (secondary N) is 1. The summed E-state index contributed by atoms with van der Waals surface area (Å²) in [6, 6.07) is 1.19. The Morgan fingerprint density at radius 3 is 2.35 bits per heavy atom. The van der Waals surface area contributed by atoms with E-state index in [1.807, 2.05) is 41.5 Å². The number of rotatable bonds is 3. The number of carbonyl (C=O) groups is 2. The second-order valence-corrected chi connectivity index (χ2v) is 9.66. The Morgan fingerprint density at radius 1 is 1.19 bits per heavy atom. The zero-order chi connectivity index (χ0) is 19.5. The quantitative estimate of drug-likeness (QED) is 0.812. The molecule has 2 amide bonds. The molecule has 2 heterocycles. The van der Waals surface area contributed by atoms with Crippen molar-refractivity contribution in [3.05, 3.63) is 18.5 Å². The molecule has 0 radical (unpaired) electrons. The van der Waals surface area contributed by atoms with Gasteiger partial charge in [-0.15, -0.1) is 0 Å². The van der Waals surface area contributed by atoms with Crippen molar-refractivity contribution in [1.82, 2.24) is 20.2 Å². The Kier molecular flexibility index (Phi) is 6.16. The number of likely N-dealkylation sites (tertiary alicyclic amines) is 1. The summed E-state index contributed by atoms with van der Waals surface area (Å²) >= 11 is 1.48. The molecule has 2 atom stereocenters. The molecular weight excluding hydrogens is 352 g/mol. The van der Waals surface area contributed by atoms with E-state index in [2.05, 4.69) is 15.3 Å².